The van der Waals surface area contributed by atoms with Gasteiger partial charge in [-0.05, 0) is 79.8 Å². The Morgan fingerprint density at radius 3 is 2.00 bits per heavy atom. The molecule has 346 valence electrons. The zero-order valence-electron chi connectivity index (χ0n) is 38.1. The highest BCUT2D eigenvalue weighted by Crippen LogP contribution is 2.53. The molecule has 0 aliphatic carbocycles. The molecule has 2 N–H and O–H groups in total. The van der Waals surface area contributed by atoms with E-state index in [-0.39, 0.29) is 30.6 Å². The summed E-state index contributed by atoms with van der Waals surface area (Å²) in [5.41, 5.74) is 0.143. The number of carbonyl (C=O) groups excluding carboxylic acids is 1. The first-order valence-corrected chi connectivity index (χ1v) is 24.2. The minimum atomic E-state index is -4.00. The Bertz CT molecular complexity index is 2440. The van der Waals surface area contributed by atoms with Crippen molar-refractivity contribution in [2.45, 2.75) is 89.9 Å². The maximum atomic E-state index is 14.4. The zero-order valence-corrected chi connectivity index (χ0v) is 39.9. The van der Waals surface area contributed by atoms with Gasteiger partial charge in [-0.15, -0.1) is 0 Å². The molecular formula is C49H59N4O10PS. The number of ether oxygens (including phenoxy) is 5. The van der Waals surface area contributed by atoms with Crippen LogP contribution in [0.5, 0.6) is 11.5 Å². The molecule has 3 heterocycles. The second-order valence-electron chi connectivity index (χ2n) is 17.3. The molecule has 0 amide bonds. The van der Waals surface area contributed by atoms with Crippen LogP contribution in [-0.4, -0.2) is 71.4 Å². The van der Waals surface area contributed by atoms with E-state index in [0.29, 0.717) is 23.7 Å². The van der Waals surface area contributed by atoms with Gasteiger partial charge in [0.25, 0.3) is 0 Å². The van der Waals surface area contributed by atoms with Crippen LogP contribution in [0.4, 0.5) is 5.82 Å². The van der Waals surface area contributed by atoms with Crippen molar-refractivity contribution >= 4 is 30.4 Å². The van der Waals surface area contributed by atoms with Gasteiger partial charge in [0, 0.05) is 23.9 Å². The van der Waals surface area contributed by atoms with Crippen molar-refractivity contribution in [1.29, 1.82) is 0 Å². The summed E-state index contributed by atoms with van der Waals surface area (Å²) in [7, 11) is -0.763. The van der Waals surface area contributed by atoms with E-state index in [0.717, 1.165) is 34.0 Å². The third-order valence-corrected chi connectivity index (χ3v) is 14.7. The minimum absolute atomic E-state index is 0.0128. The van der Waals surface area contributed by atoms with Gasteiger partial charge in [0.2, 0.25) is 0 Å². The van der Waals surface area contributed by atoms with Crippen LogP contribution in [0.15, 0.2) is 126 Å². The lowest BCUT2D eigenvalue weighted by atomic mass is 9.77. The normalized spacial score (nSPS) is 21.3. The van der Waals surface area contributed by atoms with Crippen molar-refractivity contribution in [1.82, 2.24) is 14.6 Å². The SMILES string of the molecule is CCC(C)(C)C(=O)SCCOP(=O)(NCc1ccccc1)OC[C@H]1O[C@H](n2ccc(NC(c3ccccc3)(c3ccc(OC)cc3)c3ccc(OC)cc3)nc2=O)[C@@]2(C)OC(C)(C)OC12. The molecule has 2 saturated heterocycles. The second-order valence-corrected chi connectivity index (χ2v) is 20.2. The van der Waals surface area contributed by atoms with Gasteiger partial charge >= 0.3 is 13.4 Å². The molecular weight excluding hydrogens is 868 g/mol. The van der Waals surface area contributed by atoms with Crippen molar-refractivity contribution in [2.24, 2.45) is 5.41 Å². The third kappa shape index (κ3) is 10.6. The Morgan fingerprint density at radius 2 is 1.43 bits per heavy atom. The summed E-state index contributed by atoms with van der Waals surface area (Å²) in [6, 6.07) is 36.6. The van der Waals surface area contributed by atoms with Crippen LogP contribution in [-0.2, 0) is 44.7 Å². The van der Waals surface area contributed by atoms with Gasteiger partial charge in [-0.2, -0.15) is 4.98 Å². The monoisotopic (exact) mass is 926 g/mol. The van der Waals surface area contributed by atoms with Crippen LogP contribution in [0.2, 0.25) is 0 Å². The van der Waals surface area contributed by atoms with E-state index in [4.69, 9.17) is 32.7 Å². The predicted octanol–water partition coefficient (Wildman–Crippen LogP) is 9.10. The van der Waals surface area contributed by atoms with E-state index in [1.165, 1.54) is 4.57 Å². The maximum absolute atomic E-state index is 14.4. The number of nitrogens with one attached hydrogen (secondary N) is 2. The summed E-state index contributed by atoms with van der Waals surface area (Å²) >= 11 is 1.14. The van der Waals surface area contributed by atoms with Crippen LogP contribution in [0.1, 0.15) is 76.4 Å². The number of hydrogen-bond acceptors (Lipinski definition) is 13. The van der Waals surface area contributed by atoms with Gasteiger partial charge in [0.15, 0.2) is 17.1 Å². The fraction of sp³-hybridized carbons (Fsp3) is 0.408. The highest BCUT2D eigenvalue weighted by molar-refractivity contribution is 8.13. The summed E-state index contributed by atoms with van der Waals surface area (Å²) in [5.74, 6) is 0.899. The lowest BCUT2D eigenvalue weighted by Gasteiger charge is -2.37. The molecule has 65 heavy (non-hydrogen) atoms. The highest BCUT2D eigenvalue weighted by atomic mass is 32.2. The number of rotatable bonds is 20. The lowest BCUT2D eigenvalue weighted by Crippen LogP contribution is -2.45. The lowest BCUT2D eigenvalue weighted by molar-refractivity contribution is -0.217. The van der Waals surface area contributed by atoms with Gasteiger partial charge < -0.3 is 29.0 Å². The standard InChI is InChI=1S/C49H59N4O10PS/c1-9-46(2,3)44(54)65-31-30-59-64(56,50-32-34-16-12-10-13-17-34)60-33-40-42-48(6,63-47(4,5)62-42)43(61-40)53-29-28-41(51-45(53)55)52-49(35-18-14-11-15-19-35,36-20-24-38(57-7)25-21-36)37-22-26-39(58-8)27-23-37/h10-29,40,42-43H,9,30-33H2,1-8H3,(H,50,56)(H,51,52,55)/t40-,42?,43+,48+,64?/m1/s1. The molecule has 0 spiro atoms. The smallest absolute Gasteiger partial charge is 0.405 e. The molecule has 4 aromatic carbocycles. The number of hydrogen-bond donors (Lipinski definition) is 2. The number of thioether (sulfide) groups is 1. The van der Waals surface area contributed by atoms with Crippen LogP contribution in [0.3, 0.4) is 0 Å². The Morgan fingerprint density at radius 1 is 0.846 bits per heavy atom. The van der Waals surface area contributed by atoms with Crippen LogP contribution < -0.4 is 25.6 Å². The molecule has 14 nitrogen and oxygen atoms in total. The second kappa shape index (κ2) is 20.0. The van der Waals surface area contributed by atoms with E-state index in [1.807, 2.05) is 137 Å². The molecule has 5 atom stereocenters. The van der Waals surface area contributed by atoms with Crippen molar-refractivity contribution < 1.29 is 42.1 Å². The number of aromatic nitrogens is 2. The highest BCUT2D eigenvalue weighted by Gasteiger charge is 2.64. The quantitative estimate of drug-likeness (QED) is 0.0433. The fourth-order valence-corrected chi connectivity index (χ4v) is 10.5. The first kappa shape index (κ1) is 48.1. The van der Waals surface area contributed by atoms with Gasteiger partial charge in [-0.3, -0.25) is 18.4 Å². The molecule has 2 aliphatic heterocycles. The molecule has 0 bridgehead atoms. The van der Waals surface area contributed by atoms with Gasteiger partial charge in [-0.1, -0.05) is 117 Å². The number of anilines is 1. The van der Waals surface area contributed by atoms with Gasteiger partial charge in [0.05, 0.1) is 27.4 Å². The van der Waals surface area contributed by atoms with Gasteiger partial charge in [-0.25, -0.2) is 14.4 Å². The molecule has 2 aliphatic rings. The molecule has 0 saturated carbocycles. The third-order valence-electron chi connectivity index (χ3n) is 12.0. The number of benzene rings is 4. The van der Waals surface area contributed by atoms with Crippen molar-refractivity contribution in [2.75, 3.05) is 38.5 Å². The molecule has 2 fully saturated rings. The largest absolute Gasteiger partial charge is 0.497 e. The Hall–Kier alpha value is -4.83. The molecule has 7 rings (SSSR count). The Kier molecular flexibility index (Phi) is 14.8. The summed E-state index contributed by atoms with van der Waals surface area (Å²) in [6.45, 7) is 11.1. The van der Waals surface area contributed by atoms with Crippen LogP contribution in [0.25, 0.3) is 0 Å². The molecule has 16 heteroatoms. The fourth-order valence-electron chi connectivity index (χ4n) is 8.17. The maximum Gasteiger partial charge on any atom is 0.405 e. The predicted molar refractivity (Wildman–Crippen MR) is 251 cm³/mol. The van der Waals surface area contributed by atoms with Crippen LogP contribution >= 0.6 is 19.5 Å². The van der Waals surface area contributed by atoms with Crippen LogP contribution in [0, 0.1) is 5.41 Å². The summed E-state index contributed by atoms with van der Waals surface area (Å²) in [4.78, 5) is 31.8. The number of nitrogens with zero attached hydrogens (tertiary/aromatic N) is 2. The molecule has 5 aromatic rings. The minimum Gasteiger partial charge on any atom is -0.497 e. The summed E-state index contributed by atoms with van der Waals surface area (Å²) < 4.78 is 58.4. The molecule has 1 aromatic heterocycles. The van der Waals surface area contributed by atoms with E-state index < -0.39 is 54.2 Å². The number of fused-ring (bicyclic) bond motifs is 1. The summed E-state index contributed by atoms with van der Waals surface area (Å²) in [5, 5.41) is 6.66. The van der Waals surface area contributed by atoms with Gasteiger partial charge in [0.1, 0.15) is 40.7 Å². The summed E-state index contributed by atoms with van der Waals surface area (Å²) in [6.07, 6.45) is -0.326. The van der Waals surface area contributed by atoms with E-state index in [9.17, 15) is 14.2 Å². The Balaban J connectivity index is 1.17. The van der Waals surface area contributed by atoms with E-state index >= 15 is 0 Å². The zero-order chi connectivity index (χ0) is 46.5. The average molecular weight is 927 g/mol. The Labute approximate surface area is 385 Å². The van der Waals surface area contributed by atoms with Crippen molar-refractivity contribution in [3.63, 3.8) is 0 Å². The number of methoxy groups -OCH3 is 2. The first-order chi connectivity index (χ1) is 31.0. The molecule has 0 radical (unpaired) electrons. The molecule has 2 unspecified atom stereocenters. The topological polar surface area (TPSA) is 158 Å². The average Bonchev–Trinajstić information content (AvgIpc) is 3.72. The first-order valence-electron chi connectivity index (χ1n) is 21.7. The van der Waals surface area contributed by atoms with Crippen molar-refractivity contribution in [3.05, 3.63) is 154 Å². The number of carbonyl (C=O) groups is 1. The van der Waals surface area contributed by atoms with Crippen molar-refractivity contribution in [3.8, 4) is 11.5 Å². The van der Waals surface area contributed by atoms with E-state index in [2.05, 4.69) is 15.4 Å². The van der Waals surface area contributed by atoms with E-state index in [1.54, 1.807) is 40.3 Å².